The van der Waals surface area contributed by atoms with Crippen LogP contribution in [-0.2, 0) is 25.8 Å². The van der Waals surface area contributed by atoms with Crippen LogP contribution in [-0.4, -0.2) is 6.54 Å². The van der Waals surface area contributed by atoms with Crippen molar-refractivity contribution < 1.29 is 0 Å². The second kappa shape index (κ2) is 3.39. The van der Waals surface area contributed by atoms with E-state index in [0.717, 1.165) is 13.1 Å². The first kappa shape index (κ1) is 8.49. The third-order valence-electron chi connectivity index (χ3n) is 3.55. The highest BCUT2D eigenvalue weighted by Gasteiger charge is 2.14. The molecule has 74 valence electrons. The summed E-state index contributed by atoms with van der Waals surface area (Å²) in [6.07, 6.45) is 6.63. The lowest BCUT2D eigenvalue weighted by Crippen LogP contribution is -2.24. The van der Waals surface area contributed by atoms with Gasteiger partial charge in [-0.2, -0.15) is 0 Å². The van der Waals surface area contributed by atoms with E-state index in [9.17, 15) is 0 Å². The normalized spacial score (nSPS) is 20.0. The van der Waals surface area contributed by atoms with Crippen molar-refractivity contribution in [1.29, 1.82) is 0 Å². The topological polar surface area (TPSA) is 12.0 Å². The maximum absolute atomic E-state index is 3.45. The molecular weight excluding hydrogens is 170 g/mol. The van der Waals surface area contributed by atoms with Gasteiger partial charge in [0.05, 0.1) is 0 Å². The van der Waals surface area contributed by atoms with Gasteiger partial charge in [0.25, 0.3) is 0 Å². The van der Waals surface area contributed by atoms with Crippen LogP contribution < -0.4 is 5.32 Å². The molecule has 0 amide bonds. The molecule has 3 rings (SSSR count). The van der Waals surface area contributed by atoms with Crippen molar-refractivity contribution in [2.75, 3.05) is 6.54 Å². The van der Waals surface area contributed by atoms with Crippen molar-refractivity contribution in [2.24, 2.45) is 0 Å². The third kappa shape index (κ3) is 1.36. The van der Waals surface area contributed by atoms with Gasteiger partial charge >= 0.3 is 0 Å². The van der Waals surface area contributed by atoms with Crippen LogP contribution in [0.4, 0.5) is 0 Å². The molecule has 0 spiro atoms. The van der Waals surface area contributed by atoms with E-state index in [2.05, 4.69) is 17.4 Å². The molecule has 0 unspecified atom stereocenters. The lowest BCUT2D eigenvalue weighted by molar-refractivity contribution is 0.631. The van der Waals surface area contributed by atoms with E-state index in [1.807, 2.05) is 0 Å². The average molecular weight is 187 g/mol. The van der Waals surface area contributed by atoms with Crippen LogP contribution in [0.25, 0.3) is 0 Å². The molecule has 0 radical (unpaired) electrons. The molecule has 0 aromatic heterocycles. The number of nitrogens with one attached hydrogen (secondary N) is 1. The minimum atomic E-state index is 1.09. The molecule has 1 aliphatic heterocycles. The summed E-state index contributed by atoms with van der Waals surface area (Å²) in [5.74, 6) is 0. The van der Waals surface area contributed by atoms with E-state index in [1.165, 1.54) is 32.1 Å². The lowest BCUT2D eigenvalue weighted by atomic mass is 9.86. The lowest BCUT2D eigenvalue weighted by Gasteiger charge is -2.23. The monoisotopic (exact) mass is 187 g/mol. The van der Waals surface area contributed by atoms with Gasteiger partial charge in [-0.25, -0.2) is 0 Å². The first-order chi connectivity index (χ1) is 6.93. The number of benzene rings is 1. The number of hydrogen-bond donors (Lipinski definition) is 1. The molecule has 1 aromatic rings. The van der Waals surface area contributed by atoms with Crippen molar-refractivity contribution in [3.8, 4) is 0 Å². The standard InChI is InChI=1S/C13H17N/c1-2-4-11-8-13-9-14-6-5-12(13)7-10(11)3-1/h7-8,14H,1-6,9H2. The fourth-order valence-corrected chi connectivity index (χ4v) is 2.73. The molecule has 0 bridgehead atoms. The van der Waals surface area contributed by atoms with Crippen LogP contribution in [0.2, 0.25) is 0 Å². The molecule has 0 atom stereocenters. The summed E-state index contributed by atoms with van der Waals surface area (Å²) in [6, 6.07) is 4.93. The highest BCUT2D eigenvalue weighted by atomic mass is 14.9. The third-order valence-corrected chi connectivity index (χ3v) is 3.55. The van der Waals surface area contributed by atoms with E-state index >= 15 is 0 Å². The van der Waals surface area contributed by atoms with Gasteiger partial charge in [0, 0.05) is 6.54 Å². The quantitative estimate of drug-likeness (QED) is 0.656. The Balaban J connectivity index is 2.06. The Bertz CT molecular complexity index is 288. The molecule has 1 N–H and O–H groups in total. The maximum atomic E-state index is 3.45. The second-order valence-corrected chi connectivity index (χ2v) is 4.52. The van der Waals surface area contributed by atoms with Crippen LogP contribution >= 0.6 is 0 Å². The minimum absolute atomic E-state index is 1.09. The summed E-state index contributed by atoms with van der Waals surface area (Å²) in [5, 5.41) is 3.45. The summed E-state index contributed by atoms with van der Waals surface area (Å²) >= 11 is 0. The van der Waals surface area contributed by atoms with Crippen molar-refractivity contribution in [3.05, 3.63) is 34.4 Å². The average Bonchev–Trinajstić information content (AvgIpc) is 2.26. The van der Waals surface area contributed by atoms with Gasteiger partial charge in [-0.05, 0) is 60.9 Å². The zero-order valence-corrected chi connectivity index (χ0v) is 8.60. The van der Waals surface area contributed by atoms with Crippen molar-refractivity contribution in [1.82, 2.24) is 5.32 Å². The molecule has 2 aliphatic rings. The SMILES string of the molecule is c1c2c(cc3c1CCNC3)CCCC2. The fraction of sp³-hybridized carbons (Fsp3) is 0.538. The maximum Gasteiger partial charge on any atom is 0.0208 e. The van der Waals surface area contributed by atoms with E-state index in [-0.39, 0.29) is 0 Å². The molecule has 0 saturated carbocycles. The predicted octanol–water partition coefficient (Wildman–Crippen LogP) is 2.21. The summed E-state index contributed by atoms with van der Waals surface area (Å²) in [7, 11) is 0. The molecule has 1 heteroatoms. The van der Waals surface area contributed by atoms with Gasteiger partial charge < -0.3 is 5.32 Å². The predicted molar refractivity (Wildman–Crippen MR) is 58.5 cm³/mol. The van der Waals surface area contributed by atoms with E-state index in [1.54, 1.807) is 22.3 Å². The molecule has 1 nitrogen and oxygen atoms in total. The van der Waals surface area contributed by atoms with Crippen LogP contribution in [0.5, 0.6) is 0 Å². The van der Waals surface area contributed by atoms with Crippen LogP contribution in [0, 0.1) is 0 Å². The summed E-state index contributed by atoms with van der Waals surface area (Å²) < 4.78 is 0. The summed E-state index contributed by atoms with van der Waals surface area (Å²) in [4.78, 5) is 0. The second-order valence-electron chi connectivity index (χ2n) is 4.52. The van der Waals surface area contributed by atoms with E-state index in [4.69, 9.17) is 0 Å². The molecule has 1 aromatic carbocycles. The van der Waals surface area contributed by atoms with Gasteiger partial charge in [0.15, 0.2) is 0 Å². The summed E-state index contributed by atoms with van der Waals surface area (Å²) in [6.45, 7) is 2.24. The minimum Gasteiger partial charge on any atom is -0.312 e. The Morgan fingerprint density at radius 1 is 0.786 bits per heavy atom. The Morgan fingerprint density at radius 2 is 1.43 bits per heavy atom. The van der Waals surface area contributed by atoms with Gasteiger partial charge in [-0.15, -0.1) is 0 Å². The molecule has 0 fully saturated rings. The molecule has 1 aliphatic carbocycles. The van der Waals surface area contributed by atoms with Crippen LogP contribution in [0.3, 0.4) is 0 Å². The zero-order valence-electron chi connectivity index (χ0n) is 8.60. The Kier molecular flexibility index (Phi) is 2.06. The largest absolute Gasteiger partial charge is 0.312 e. The zero-order chi connectivity index (χ0) is 9.38. The Hall–Kier alpha value is -0.820. The number of fused-ring (bicyclic) bond motifs is 2. The number of aryl methyl sites for hydroxylation is 2. The Labute approximate surface area is 85.5 Å². The van der Waals surface area contributed by atoms with Gasteiger partial charge in [-0.3, -0.25) is 0 Å². The molecule has 0 saturated heterocycles. The Morgan fingerprint density at radius 3 is 2.21 bits per heavy atom. The first-order valence-electron chi connectivity index (χ1n) is 5.78. The first-order valence-corrected chi connectivity index (χ1v) is 5.78. The van der Waals surface area contributed by atoms with E-state index in [0.29, 0.717) is 0 Å². The van der Waals surface area contributed by atoms with Gasteiger partial charge in [-0.1, -0.05) is 12.1 Å². The molecule has 1 heterocycles. The highest BCUT2D eigenvalue weighted by molar-refractivity contribution is 5.40. The highest BCUT2D eigenvalue weighted by Crippen LogP contribution is 2.26. The fourth-order valence-electron chi connectivity index (χ4n) is 2.73. The molecular formula is C13H17N. The van der Waals surface area contributed by atoms with Crippen molar-refractivity contribution in [2.45, 2.75) is 38.6 Å². The smallest absolute Gasteiger partial charge is 0.0208 e. The van der Waals surface area contributed by atoms with Crippen molar-refractivity contribution in [3.63, 3.8) is 0 Å². The number of hydrogen-bond acceptors (Lipinski definition) is 1. The summed E-state index contributed by atoms with van der Waals surface area (Å²) in [5.41, 5.74) is 6.41. The van der Waals surface area contributed by atoms with E-state index < -0.39 is 0 Å². The van der Waals surface area contributed by atoms with Gasteiger partial charge in [0.1, 0.15) is 0 Å². The number of rotatable bonds is 0. The van der Waals surface area contributed by atoms with Crippen LogP contribution in [0.1, 0.15) is 35.1 Å². The molecule has 14 heavy (non-hydrogen) atoms. The van der Waals surface area contributed by atoms with Gasteiger partial charge in [0.2, 0.25) is 0 Å². The van der Waals surface area contributed by atoms with Crippen LogP contribution in [0.15, 0.2) is 12.1 Å². The van der Waals surface area contributed by atoms with Crippen molar-refractivity contribution >= 4 is 0 Å².